The monoisotopic (exact) mass is 266 g/mol. The molecule has 1 aromatic carbocycles. The van der Waals surface area contributed by atoms with E-state index in [2.05, 4.69) is 0 Å². The van der Waals surface area contributed by atoms with E-state index in [-0.39, 0.29) is 18.6 Å². The molecular weight excluding hydrogens is 244 g/mol. The van der Waals surface area contributed by atoms with Gasteiger partial charge in [0.05, 0.1) is 20.3 Å². The van der Waals surface area contributed by atoms with Gasteiger partial charge in [0.1, 0.15) is 6.10 Å². The van der Waals surface area contributed by atoms with Gasteiger partial charge in [0, 0.05) is 25.4 Å². The summed E-state index contributed by atoms with van der Waals surface area (Å²) in [6.07, 6.45) is 2.03. The van der Waals surface area contributed by atoms with Crippen molar-refractivity contribution in [2.45, 2.75) is 31.8 Å². The topological polar surface area (TPSA) is 47.9 Å². The minimum atomic E-state index is 0.103. The zero-order valence-electron chi connectivity index (χ0n) is 11.6. The van der Waals surface area contributed by atoms with Crippen LogP contribution in [0.2, 0.25) is 0 Å². The van der Waals surface area contributed by atoms with Crippen molar-refractivity contribution in [2.75, 3.05) is 26.9 Å². The maximum atomic E-state index is 9.20. The second kappa shape index (κ2) is 6.78. The standard InChI is InChI=1S/C15H22O4/c1-11(10-16)12-3-4-14(15(9-12)17-2)19-13-5-7-18-8-6-13/h3-4,9,11,13,16H,5-8,10H2,1-2H3. The first-order chi connectivity index (χ1) is 9.24. The van der Waals surface area contributed by atoms with E-state index in [1.54, 1.807) is 7.11 Å². The van der Waals surface area contributed by atoms with Gasteiger partial charge < -0.3 is 19.3 Å². The molecule has 19 heavy (non-hydrogen) atoms. The molecule has 4 heteroatoms. The Kier molecular flexibility index (Phi) is 5.05. The van der Waals surface area contributed by atoms with E-state index in [1.165, 1.54) is 0 Å². The predicted octanol–water partition coefficient (Wildman–Crippen LogP) is 2.35. The van der Waals surface area contributed by atoms with Crippen LogP contribution >= 0.6 is 0 Å². The van der Waals surface area contributed by atoms with Crippen LogP contribution < -0.4 is 9.47 Å². The molecule has 1 unspecified atom stereocenters. The van der Waals surface area contributed by atoms with E-state index in [9.17, 15) is 5.11 Å². The molecular formula is C15H22O4. The number of hydrogen-bond acceptors (Lipinski definition) is 4. The molecule has 1 saturated heterocycles. The number of rotatable bonds is 5. The maximum absolute atomic E-state index is 9.20. The van der Waals surface area contributed by atoms with Gasteiger partial charge in [-0.2, -0.15) is 0 Å². The Hall–Kier alpha value is -1.26. The third kappa shape index (κ3) is 3.61. The molecule has 2 rings (SSSR count). The van der Waals surface area contributed by atoms with E-state index in [4.69, 9.17) is 14.2 Å². The molecule has 0 amide bonds. The molecule has 0 radical (unpaired) electrons. The first kappa shape index (κ1) is 14.2. The van der Waals surface area contributed by atoms with Crippen LogP contribution in [0.25, 0.3) is 0 Å². The van der Waals surface area contributed by atoms with Crippen molar-refractivity contribution in [2.24, 2.45) is 0 Å². The summed E-state index contributed by atoms with van der Waals surface area (Å²) in [6.45, 7) is 3.62. The average molecular weight is 266 g/mol. The third-order valence-electron chi connectivity index (χ3n) is 3.49. The smallest absolute Gasteiger partial charge is 0.161 e. The molecule has 1 aromatic rings. The van der Waals surface area contributed by atoms with Gasteiger partial charge in [-0.05, 0) is 17.7 Å². The number of aliphatic hydroxyl groups is 1. The Balaban J connectivity index is 2.11. The van der Waals surface area contributed by atoms with E-state index in [1.807, 2.05) is 25.1 Å². The lowest BCUT2D eigenvalue weighted by atomic mass is 10.0. The number of ether oxygens (including phenoxy) is 3. The number of hydrogen-bond donors (Lipinski definition) is 1. The SMILES string of the molecule is COc1cc(C(C)CO)ccc1OC1CCOCC1. The highest BCUT2D eigenvalue weighted by atomic mass is 16.5. The lowest BCUT2D eigenvalue weighted by molar-refractivity contribution is 0.0245. The molecule has 0 aromatic heterocycles. The lowest BCUT2D eigenvalue weighted by Crippen LogP contribution is -2.26. The molecule has 1 aliphatic rings. The molecule has 106 valence electrons. The molecule has 1 N–H and O–H groups in total. The normalized spacial score (nSPS) is 18.1. The molecule has 4 nitrogen and oxygen atoms in total. The molecule has 0 spiro atoms. The van der Waals surface area contributed by atoms with Crippen LogP contribution in [0.5, 0.6) is 11.5 Å². The molecule has 1 aliphatic heterocycles. The fourth-order valence-electron chi connectivity index (χ4n) is 2.17. The highest BCUT2D eigenvalue weighted by Crippen LogP contribution is 2.32. The fourth-order valence-corrected chi connectivity index (χ4v) is 2.17. The van der Waals surface area contributed by atoms with Crippen molar-refractivity contribution in [3.63, 3.8) is 0 Å². The lowest BCUT2D eigenvalue weighted by Gasteiger charge is -2.24. The third-order valence-corrected chi connectivity index (χ3v) is 3.49. The second-order valence-electron chi connectivity index (χ2n) is 4.92. The summed E-state index contributed by atoms with van der Waals surface area (Å²) in [5.74, 6) is 1.60. The maximum Gasteiger partial charge on any atom is 0.161 e. The predicted molar refractivity (Wildman–Crippen MR) is 73.0 cm³/mol. The van der Waals surface area contributed by atoms with E-state index in [0.29, 0.717) is 0 Å². The van der Waals surface area contributed by atoms with Crippen molar-refractivity contribution in [3.05, 3.63) is 23.8 Å². The number of aliphatic hydroxyl groups excluding tert-OH is 1. The van der Waals surface area contributed by atoms with Crippen LogP contribution in [-0.4, -0.2) is 38.1 Å². The van der Waals surface area contributed by atoms with Gasteiger partial charge in [0.15, 0.2) is 11.5 Å². The minimum absolute atomic E-state index is 0.103. The van der Waals surface area contributed by atoms with E-state index in [0.717, 1.165) is 43.1 Å². The summed E-state index contributed by atoms with van der Waals surface area (Å²) in [4.78, 5) is 0. The van der Waals surface area contributed by atoms with Gasteiger partial charge in [-0.3, -0.25) is 0 Å². The van der Waals surface area contributed by atoms with E-state index < -0.39 is 0 Å². The first-order valence-electron chi connectivity index (χ1n) is 6.77. The van der Waals surface area contributed by atoms with Crippen molar-refractivity contribution < 1.29 is 19.3 Å². The van der Waals surface area contributed by atoms with Crippen LogP contribution in [0.3, 0.4) is 0 Å². The van der Waals surface area contributed by atoms with Crippen LogP contribution in [0, 0.1) is 0 Å². The van der Waals surface area contributed by atoms with Gasteiger partial charge in [-0.1, -0.05) is 13.0 Å². The Morgan fingerprint density at radius 1 is 1.32 bits per heavy atom. The van der Waals surface area contributed by atoms with Gasteiger partial charge >= 0.3 is 0 Å². The van der Waals surface area contributed by atoms with Gasteiger partial charge in [-0.15, -0.1) is 0 Å². The summed E-state index contributed by atoms with van der Waals surface area (Å²) in [5.41, 5.74) is 1.05. The Morgan fingerprint density at radius 3 is 2.68 bits per heavy atom. The zero-order chi connectivity index (χ0) is 13.7. The fraction of sp³-hybridized carbons (Fsp3) is 0.600. The molecule has 1 fully saturated rings. The molecule has 0 bridgehead atoms. The quantitative estimate of drug-likeness (QED) is 0.888. The molecule has 1 atom stereocenters. The zero-order valence-corrected chi connectivity index (χ0v) is 11.6. The van der Waals surface area contributed by atoms with Crippen LogP contribution in [0.4, 0.5) is 0 Å². The largest absolute Gasteiger partial charge is 0.493 e. The Morgan fingerprint density at radius 2 is 2.05 bits per heavy atom. The summed E-state index contributed by atoms with van der Waals surface area (Å²) >= 11 is 0. The Labute approximate surface area is 114 Å². The summed E-state index contributed by atoms with van der Waals surface area (Å²) in [7, 11) is 1.64. The highest BCUT2D eigenvalue weighted by molar-refractivity contribution is 5.44. The van der Waals surface area contributed by atoms with Crippen LogP contribution in [0.1, 0.15) is 31.2 Å². The minimum Gasteiger partial charge on any atom is -0.493 e. The molecule has 0 aliphatic carbocycles. The second-order valence-corrected chi connectivity index (χ2v) is 4.92. The number of methoxy groups -OCH3 is 1. The van der Waals surface area contributed by atoms with Crippen LogP contribution in [-0.2, 0) is 4.74 Å². The van der Waals surface area contributed by atoms with Crippen molar-refractivity contribution in [1.82, 2.24) is 0 Å². The van der Waals surface area contributed by atoms with Crippen LogP contribution in [0.15, 0.2) is 18.2 Å². The van der Waals surface area contributed by atoms with Gasteiger partial charge in [0.2, 0.25) is 0 Å². The summed E-state index contributed by atoms with van der Waals surface area (Å²) in [6, 6.07) is 5.85. The first-order valence-corrected chi connectivity index (χ1v) is 6.77. The molecule has 1 heterocycles. The van der Waals surface area contributed by atoms with Crippen molar-refractivity contribution >= 4 is 0 Å². The van der Waals surface area contributed by atoms with Crippen molar-refractivity contribution in [1.29, 1.82) is 0 Å². The number of benzene rings is 1. The average Bonchev–Trinajstić information content (AvgIpc) is 2.48. The van der Waals surface area contributed by atoms with Gasteiger partial charge in [-0.25, -0.2) is 0 Å². The van der Waals surface area contributed by atoms with E-state index >= 15 is 0 Å². The highest BCUT2D eigenvalue weighted by Gasteiger charge is 2.18. The summed E-state index contributed by atoms with van der Waals surface area (Å²) < 4.78 is 16.7. The van der Waals surface area contributed by atoms with Crippen molar-refractivity contribution in [3.8, 4) is 11.5 Å². The molecule has 0 saturated carbocycles. The summed E-state index contributed by atoms with van der Waals surface area (Å²) in [5, 5.41) is 9.20. The van der Waals surface area contributed by atoms with Gasteiger partial charge in [0.25, 0.3) is 0 Å². The Bertz CT molecular complexity index is 399.